The van der Waals surface area contributed by atoms with Gasteiger partial charge < -0.3 is 19.8 Å². The van der Waals surface area contributed by atoms with Crippen molar-refractivity contribution in [2.75, 3.05) is 11.9 Å². The molecule has 0 bridgehead atoms. The third-order valence-corrected chi connectivity index (χ3v) is 4.53. The highest BCUT2D eigenvalue weighted by Gasteiger charge is 2.14. The molecule has 0 fully saturated rings. The van der Waals surface area contributed by atoms with Crippen molar-refractivity contribution in [3.05, 3.63) is 64.9 Å². The highest BCUT2D eigenvalue weighted by molar-refractivity contribution is 9.10. The summed E-state index contributed by atoms with van der Waals surface area (Å²) in [7, 11) is 0. The Morgan fingerprint density at radius 1 is 1.25 bits per heavy atom. The minimum absolute atomic E-state index is 0.132. The number of hydrogen-bond acceptors (Lipinski definition) is 4. The first kappa shape index (κ1) is 20.1. The van der Waals surface area contributed by atoms with Crippen LogP contribution in [-0.2, 0) is 16.0 Å². The number of carbonyl (C=O) groups is 1. The average Bonchev–Trinajstić information content (AvgIpc) is 3.20. The van der Waals surface area contributed by atoms with Crippen molar-refractivity contribution in [3.8, 4) is 17.1 Å². The van der Waals surface area contributed by atoms with Gasteiger partial charge in [-0.1, -0.05) is 28.1 Å². The third kappa shape index (κ3) is 5.43. The molecule has 0 spiro atoms. The maximum atomic E-state index is 12.6. The zero-order valence-corrected chi connectivity index (χ0v) is 17.3. The summed E-state index contributed by atoms with van der Waals surface area (Å²) in [6.07, 6.45) is 3.27. The lowest BCUT2D eigenvalue weighted by Gasteiger charge is -2.18. The molecule has 2 aromatic carbocycles. The van der Waals surface area contributed by atoms with Crippen LogP contribution < -0.4 is 10.1 Å². The number of H-pyrrole nitrogens is 1. The number of ether oxygens (including phenoxy) is 2. The molecule has 0 saturated heterocycles. The number of anilines is 1. The molecule has 0 aliphatic carbocycles. The molecule has 0 aliphatic heterocycles. The maximum Gasteiger partial charge on any atom is 0.228 e. The lowest BCUT2D eigenvalue weighted by Crippen LogP contribution is -2.19. The first-order valence-corrected chi connectivity index (χ1v) is 9.81. The Kier molecular flexibility index (Phi) is 6.84. The van der Waals surface area contributed by atoms with Gasteiger partial charge >= 0.3 is 0 Å². The fraction of sp³-hybridized carbons (Fsp3) is 0.238. The van der Waals surface area contributed by atoms with Crippen molar-refractivity contribution in [2.45, 2.75) is 26.6 Å². The molecule has 1 aromatic heterocycles. The van der Waals surface area contributed by atoms with Gasteiger partial charge in [-0.3, -0.25) is 4.79 Å². The van der Waals surface area contributed by atoms with Gasteiger partial charge in [-0.15, -0.1) is 0 Å². The number of aromatic amines is 1. The molecule has 1 heterocycles. The molecule has 0 aliphatic rings. The predicted octanol–water partition coefficient (Wildman–Crippen LogP) is 4.78. The van der Waals surface area contributed by atoms with Crippen LogP contribution in [0.15, 0.2) is 59.3 Å². The van der Waals surface area contributed by atoms with E-state index in [4.69, 9.17) is 9.47 Å². The van der Waals surface area contributed by atoms with Crippen molar-refractivity contribution in [1.29, 1.82) is 0 Å². The number of carbonyl (C=O) groups excluding carboxylic acids is 1. The van der Waals surface area contributed by atoms with E-state index in [0.29, 0.717) is 23.9 Å². The molecule has 1 unspecified atom stereocenters. The number of aromatic nitrogens is 2. The Morgan fingerprint density at radius 2 is 2.04 bits per heavy atom. The molecular formula is C21H22BrN3O3. The van der Waals surface area contributed by atoms with Gasteiger partial charge in [0.2, 0.25) is 5.91 Å². The van der Waals surface area contributed by atoms with Crippen LogP contribution in [0.2, 0.25) is 0 Å². The van der Waals surface area contributed by atoms with E-state index in [1.54, 1.807) is 12.4 Å². The van der Waals surface area contributed by atoms with E-state index in [9.17, 15) is 4.79 Å². The summed E-state index contributed by atoms with van der Waals surface area (Å²) in [6.45, 7) is 4.26. The minimum Gasteiger partial charge on any atom is -0.463 e. The highest BCUT2D eigenvalue weighted by Crippen LogP contribution is 2.30. The van der Waals surface area contributed by atoms with Crippen molar-refractivity contribution in [1.82, 2.24) is 9.97 Å². The van der Waals surface area contributed by atoms with Crippen LogP contribution in [0.4, 0.5) is 5.69 Å². The molecule has 3 rings (SSSR count). The van der Waals surface area contributed by atoms with Crippen LogP contribution in [0, 0.1) is 0 Å². The minimum atomic E-state index is -0.429. The topological polar surface area (TPSA) is 76.2 Å². The van der Waals surface area contributed by atoms with Gasteiger partial charge in [-0.05, 0) is 49.7 Å². The lowest BCUT2D eigenvalue weighted by atomic mass is 10.1. The standard InChI is InChI=1S/C21H22BrN3O3/c1-3-27-14(2)28-19-9-6-16(21-23-10-11-24-21)13-18(19)25-20(26)12-15-4-7-17(22)8-5-15/h4-11,13-14H,3,12H2,1-2H3,(H,23,24)(H,25,26). The predicted molar refractivity (Wildman–Crippen MR) is 112 cm³/mol. The molecule has 1 amide bonds. The fourth-order valence-electron chi connectivity index (χ4n) is 2.73. The van der Waals surface area contributed by atoms with Crippen LogP contribution >= 0.6 is 15.9 Å². The molecular weight excluding hydrogens is 422 g/mol. The number of imidazole rings is 1. The van der Waals surface area contributed by atoms with E-state index in [2.05, 4.69) is 31.2 Å². The van der Waals surface area contributed by atoms with Crippen LogP contribution in [0.25, 0.3) is 11.4 Å². The van der Waals surface area contributed by atoms with Crippen molar-refractivity contribution in [2.24, 2.45) is 0 Å². The van der Waals surface area contributed by atoms with E-state index < -0.39 is 6.29 Å². The SMILES string of the molecule is CCOC(C)Oc1ccc(-c2ncc[nH]2)cc1NC(=O)Cc1ccc(Br)cc1. The summed E-state index contributed by atoms with van der Waals surface area (Å²) in [5.74, 6) is 1.13. The second kappa shape index (κ2) is 9.52. The number of halogens is 1. The molecule has 28 heavy (non-hydrogen) atoms. The van der Waals surface area contributed by atoms with Crippen LogP contribution in [0.3, 0.4) is 0 Å². The number of hydrogen-bond donors (Lipinski definition) is 2. The van der Waals surface area contributed by atoms with E-state index in [0.717, 1.165) is 15.6 Å². The summed E-state index contributed by atoms with van der Waals surface area (Å²) < 4.78 is 12.3. The van der Waals surface area contributed by atoms with Crippen LogP contribution in [-0.4, -0.2) is 28.8 Å². The molecule has 0 radical (unpaired) electrons. The summed E-state index contributed by atoms with van der Waals surface area (Å²) in [5, 5.41) is 2.95. The molecule has 7 heteroatoms. The van der Waals surface area contributed by atoms with E-state index >= 15 is 0 Å². The zero-order valence-electron chi connectivity index (χ0n) is 15.7. The number of nitrogens with one attached hydrogen (secondary N) is 2. The quantitative estimate of drug-likeness (QED) is 0.491. The first-order valence-electron chi connectivity index (χ1n) is 9.01. The average molecular weight is 444 g/mol. The Morgan fingerprint density at radius 3 is 2.71 bits per heavy atom. The van der Waals surface area contributed by atoms with Gasteiger partial charge in [0.25, 0.3) is 0 Å². The number of nitrogens with zero attached hydrogens (tertiary/aromatic N) is 1. The molecule has 146 valence electrons. The number of amides is 1. The second-order valence-electron chi connectivity index (χ2n) is 6.14. The van der Waals surface area contributed by atoms with Crippen LogP contribution in [0.1, 0.15) is 19.4 Å². The Labute approximate surface area is 172 Å². The van der Waals surface area contributed by atoms with E-state index in [-0.39, 0.29) is 12.3 Å². The van der Waals surface area contributed by atoms with Crippen LogP contribution in [0.5, 0.6) is 5.75 Å². The molecule has 1 atom stereocenters. The largest absolute Gasteiger partial charge is 0.463 e. The van der Waals surface area contributed by atoms with Gasteiger partial charge in [-0.2, -0.15) is 0 Å². The summed E-state index contributed by atoms with van der Waals surface area (Å²) in [4.78, 5) is 19.9. The highest BCUT2D eigenvalue weighted by atomic mass is 79.9. The maximum absolute atomic E-state index is 12.6. The van der Waals surface area contributed by atoms with E-state index in [1.165, 1.54) is 0 Å². The monoisotopic (exact) mass is 443 g/mol. The molecule has 2 N–H and O–H groups in total. The second-order valence-corrected chi connectivity index (χ2v) is 7.06. The smallest absolute Gasteiger partial charge is 0.228 e. The van der Waals surface area contributed by atoms with Gasteiger partial charge in [0.1, 0.15) is 11.6 Å². The Bertz CT molecular complexity index is 911. The molecule has 0 saturated carbocycles. The van der Waals surface area contributed by atoms with Gasteiger partial charge in [-0.25, -0.2) is 4.98 Å². The Balaban J connectivity index is 1.81. The van der Waals surface area contributed by atoms with Crippen molar-refractivity contribution < 1.29 is 14.3 Å². The molecule has 6 nitrogen and oxygen atoms in total. The van der Waals surface area contributed by atoms with Crippen molar-refractivity contribution in [3.63, 3.8) is 0 Å². The normalized spacial score (nSPS) is 11.8. The molecule has 3 aromatic rings. The van der Waals surface area contributed by atoms with Crippen molar-refractivity contribution >= 4 is 27.5 Å². The summed E-state index contributed by atoms with van der Waals surface area (Å²) in [5.41, 5.74) is 2.34. The summed E-state index contributed by atoms with van der Waals surface area (Å²) >= 11 is 3.40. The lowest BCUT2D eigenvalue weighted by molar-refractivity contribution is -0.115. The third-order valence-electron chi connectivity index (χ3n) is 4.00. The van der Waals surface area contributed by atoms with E-state index in [1.807, 2.05) is 56.3 Å². The number of rotatable bonds is 8. The fourth-order valence-corrected chi connectivity index (χ4v) is 2.99. The number of benzene rings is 2. The Hall–Kier alpha value is -2.64. The van der Waals surface area contributed by atoms with Gasteiger partial charge in [0, 0.05) is 29.0 Å². The zero-order chi connectivity index (χ0) is 19.9. The summed E-state index contributed by atoms with van der Waals surface area (Å²) in [6, 6.07) is 13.2. The van der Waals surface area contributed by atoms with Gasteiger partial charge in [0.05, 0.1) is 12.1 Å². The first-order chi connectivity index (χ1) is 13.5. The van der Waals surface area contributed by atoms with Gasteiger partial charge in [0.15, 0.2) is 6.29 Å².